The van der Waals surface area contributed by atoms with Crippen LogP contribution in [0.4, 0.5) is 0 Å². The molecule has 112 valence electrons. The van der Waals surface area contributed by atoms with Gasteiger partial charge < -0.3 is 14.9 Å². The highest BCUT2D eigenvalue weighted by Gasteiger charge is 2.16. The van der Waals surface area contributed by atoms with Gasteiger partial charge in [-0.15, -0.1) is 10.2 Å². The van der Waals surface area contributed by atoms with E-state index >= 15 is 0 Å². The number of aromatic nitrogens is 2. The van der Waals surface area contributed by atoms with E-state index in [0.29, 0.717) is 18.2 Å². The maximum absolute atomic E-state index is 6.15. The maximum atomic E-state index is 6.15. The van der Waals surface area contributed by atoms with Gasteiger partial charge in [-0.3, -0.25) is 0 Å². The standard InChI is InChI=1S/C17H17N3O2/c1-21-14-9-5-8-13(11-14)16-19-20-17(22-16)15(18)10-12-6-3-2-4-7-12/h2-9,11,15H,10,18H2,1H3. The fourth-order valence-corrected chi connectivity index (χ4v) is 2.21. The largest absolute Gasteiger partial charge is 0.497 e. The van der Waals surface area contributed by atoms with Crippen LogP contribution in [-0.4, -0.2) is 17.3 Å². The molecule has 2 aromatic carbocycles. The van der Waals surface area contributed by atoms with Gasteiger partial charge in [0.25, 0.3) is 0 Å². The summed E-state index contributed by atoms with van der Waals surface area (Å²) in [5.41, 5.74) is 8.10. The van der Waals surface area contributed by atoms with Crippen LogP contribution in [0.2, 0.25) is 0 Å². The van der Waals surface area contributed by atoms with Crippen molar-refractivity contribution in [3.05, 3.63) is 66.1 Å². The maximum Gasteiger partial charge on any atom is 0.247 e. The van der Waals surface area contributed by atoms with Crippen LogP contribution in [0.5, 0.6) is 5.75 Å². The number of nitrogens with two attached hydrogens (primary N) is 1. The Morgan fingerprint density at radius 2 is 1.91 bits per heavy atom. The molecule has 3 rings (SSSR count). The zero-order valence-electron chi connectivity index (χ0n) is 12.3. The zero-order chi connectivity index (χ0) is 15.4. The average Bonchev–Trinajstić information content (AvgIpc) is 3.06. The summed E-state index contributed by atoms with van der Waals surface area (Å²) in [5.74, 6) is 1.62. The Bertz CT molecular complexity index is 740. The van der Waals surface area contributed by atoms with E-state index in [-0.39, 0.29) is 6.04 Å². The molecule has 0 aliphatic heterocycles. The molecule has 22 heavy (non-hydrogen) atoms. The fourth-order valence-electron chi connectivity index (χ4n) is 2.21. The topological polar surface area (TPSA) is 74.2 Å². The van der Waals surface area contributed by atoms with Gasteiger partial charge in [-0.2, -0.15) is 0 Å². The molecule has 0 bridgehead atoms. The van der Waals surface area contributed by atoms with Crippen molar-refractivity contribution >= 4 is 0 Å². The van der Waals surface area contributed by atoms with Crippen molar-refractivity contribution < 1.29 is 9.15 Å². The minimum absolute atomic E-state index is 0.325. The Morgan fingerprint density at radius 1 is 1.09 bits per heavy atom. The van der Waals surface area contributed by atoms with E-state index in [4.69, 9.17) is 14.9 Å². The number of hydrogen-bond acceptors (Lipinski definition) is 5. The quantitative estimate of drug-likeness (QED) is 0.783. The lowest BCUT2D eigenvalue weighted by molar-refractivity contribution is 0.414. The lowest BCUT2D eigenvalue weighted by Gasteiger charge is -2.06. The molecule has 1 heterocycles. The Kier molecular flexibility index (Phi) is 4.16. The molecule has 0 saturated carbocycles. The average molecular weight is 295 g/mol. The van der Waals surface area contributed by atoms with Gasteiger partial charge in [0.05, 0.1) is 13.2 Å². The SMILES string of the molecule is COc1cccc(-c2nnc(C(N)Cc3ccccc3)o2)c1. The summed E-state index contributed by atoms with van der Waals surface area (Å²) in [7, 11) is 1.62. The van der Waals surface area contributed by atoms with Crippen molar-refractivity contribution in [2.75, 3.05) is 7.11 Å². The number of benzene rings is 2. The van der Waals surface area contributed by atoms with Gasteiger partial charge in [0, 0.05) is 5.56 Å². The Hall–Kier alpha value is -2.66. The summed E-state index contributed by atoms with van der Waals surface area (Å²) in [5, 5.41) is 8.13. The van der Waals surface area contributed by atoms with Gasteiger partial charge in [0.2, 0.25) is 11.8 Å². The van der Waals surface area contributed by atoms with E-state index in [2.05, 4.69) is 10.2 Å². The van der Waals surface area contributed by atoms with Crippen LogP contribution in [0.25, 0.3) is 11.5 Å². The van der Waals surface area contributed by atoms with Gasteiger partial charge in [0.15, 0.2) is 0 Å². The third kappa shape index (κ3) is 3.15. The Morgan fingerprint density at radius 3 is 2.68 bits per heavy atom. The van der Waals surface area contributed by atoms with Crippen LogP contribution in [0.15, 0.2) is 59.0 Å². The van der Waals surface area contributed by atoms with E-state index in [1.165, 1.54) is 0 Å². The normalized spacial score (nSPS) is 12.1. The third-order valence-electron chi connectivity index (χ3n) is 3.37. The molecule has 0 spiro atoms. The van der Waals surface area contributed by atoms with Crippen molar-refractivity contribution in [3.63, 3.8) is 0 Å². The molecule has 0 aliphatic rings. The van der Waals surface area contributed by atoms with Gasteiger partial charge in [-0.05, 0) is 30.2 Å². The minimum atomic E-state index is -0.325. The molecule has 5 heteroatoms. The number of rotatable bonds is 5. The molecular weight excluding hydrogens is 278 g/mol. The molecule has 2 N–H and O–H groups in total. The van der Waals surface area contributed by atoms with Crippen molar-refractivity contribution in [1.29, 1.82) is 0 Å². The van der Waals surface area contributed by atoms with Crippen LogP contribution in [0.1, 0.15) is 17.5 Å². The van der Waals surface area contributed by atoms with Crippen molar-refractivity contribution in [1.82, 2.24) is 10.2 Å². The zero-order valence-corrected chi connectivity index (χ0v) is 12.3. The molecule has 3 aromatic rings. The molecule has 1 atom stereocenters. The first kappa shape index (κ1) is 14.3. The first-order chi connectivity index (χ1) is 10.8. The number of nitrogens with zero attached hydrogens (tertiary/aromatic N) is 2. The lowest BCUT2D eigenvalue weighted by Crippen LogP contribution is -2.13. The summed E-state index contributed by atoms with van der Waals surface area (Å²) >= 11 is 0. The second-order valence-electron chi connectivity index (χ2n) is 4.97. The highest BCUT2D eigenvalue weighted by atomic mass is 16.5. The summed E-state index contributed by atoms with van der Waals surface area (Å²) in [4.78, 5) is 0. The highest BCUT2D eigenvalue weighted by Crippen LogP contribution is 2.24. The number of hydrogen-bond donors (Lipinski definition) is 1. The van der Waals surface area contributed by atoms with Crippen molar-refractivity contribution in [2.24, 2.45) is 5.73 Å². The molecule has 0 saturated heterocycles. The summed E-state index contributed by atoms with van der Waals surface area (Å²) in [6.45, 7) is 0. The lowest BCUT2D eigenvalue weighted by atomic mass is 10.1. The van der Waals surface area contributed by atoms with E-state index in [9.17, 15) is 0 Å². The van der Waals surface area contributed by atoms with Gasteiger partial charge >= 0.3 is 0 Å². The molecule has 0 amide bonds. The van der Waals surface area contributed by atoms with Crippen molar-refractivity contribution in [2.45, 2.75) is 12.5 Å². The van der Waals surface area contributed by atoms with E-state index in [1.807, 2.05) is 54.6 Å². The van der Waals surface area contributed by atoms with Gasteiger partial charge in [-0.1, -0.05) is 36.4 Å². The highest BCUT2D eigenvalue weighted by molar-refractivity contribution is 5.55. The summed E-state index contributed by atoms with van der Waals surface area (Å²) < 4.78 is 10.9. The molecule has 0 aliphatic carbocycles. The predicted octanol–water partition coefficient (Wildman–Crippen LogP) is 2.99. The first-order valence-corrected chi connectivity index (χ1v) is 7.03. The van der Waals surface area contributed by atoms with Crippen LogP contribution in [0.3, 0.4) is 0 Å². The van der Waals surface area contributed by atoms with E-state index in [0.717, 1.165) is 16.9 Å². The predicted molar refractivity (Wildman–Crippen MR) is 83.4 cm³/mol. The first-order valence-electron chi connectivity index (χ1n) is 7.03. The van der Waals surface area contributed by atoms with Crippen LogP contribution in [0, 0.1) is 0 Å². The molecule has 0 fully saturated rings. The van der Waals surface area contributed by atoms with Crippen LogP contribution < -0.4 is 10.5 Å². The van der Waals surface area contributed by atoms with Crippen molar-refractivity contribution in [3.8, 4) is 17.2 Å². The van der Waals surface area contributed by atoms with Gasteiger partial charge in [0.1, 0.15) is 5.75 Å². The van der Waals surface area contributed by atoms with E-state index < -0.39 is 0 Å². The molecular formula is C17H17N3O2. The molecule has 0 radical (unpaired) electrons. The minimum Gasteiger partial charge on any atom is -0.497 e. The van der Waals surface area contributed by atoms with E-state index in [1.54, 1.807) is 7.11 Å². The monoisotopic (exact) mass is 295 g/mol. The van der Waals surface area contributed by atoms with Crippen LogP contribution in [-0.2, 0) is 6.42 Å². The summed E-state index contributed by atoms with van der Waals surface area (Å²) in [6, 6.07) is 17.1. The van der Waals surface area contributed by atoms with Gasteiger partial charge in [-0.25, -0.2) is 0 Å². The summed E-state index contributed by atoms with van der Waals surface area (Å²) in [6.07, 6.45) is 0.653. The number of ether oxygens (including phenoxy) is 1. The smallest absolute Gasteiger partial charge is 0.247 e. The Balaban J connectivity index is 1.78. The number of methoxy groups -OCH3 is 1. The molecule has 1 unspecified atom stereocenters. The second-order valence-corrected chi connectivity index (χ2v) is 4.97. The Labute approximate surface area is 128 Å². The molecule has 5 nitrogen and oxygen atoms in total. The second kappa shape index (κ2) is 6.41. The molecule has 1 aromatic heterocycles. The van der Waals surface area contributed by atoms with Crippen LogP contribution >= 0.6 is 0 Å². The fraction of sp³-hybridized carbons (Fsp3) is 0.176. The third-order valence-corrected chi connectivity index (χ3v) is 3.37.